The smallest absolute Gasteiger partial charge is 0.357 e. The quantitative estimate of drug-likeness (QED) is 0.779. The number of hydrogen-bond donors (Lipinski definition) is 0. The number of aromatic nitrogens is 1. The predicted molar refractivity (Wildman–Crippen MR) is 81.6 cm³/mol. The van der Waals surface area contributed by atoms with Crippen LogP contribution in [-0.2, 0) is 4.74 Å². The Bertz CT molecular complexity index is 441. The van der Waals surface area contributed by atoms with E-state index < -0.39 is 0 Å². The molecule has 0 saturated carbocycles. The fourth-order valence-corrected chi connectivity index (χ4v) is 3.22. The van der Waals surface area contributed by atoms with E-state index in [0.717, 1.165) is 11.7 Å². The Morgan fingerprint density at radius 1 is 1.55 bits per heavy atom. The Hall–Kier alpha value is -1.14. The number of esters is 1. The van der Waals surface area contributed by atoms with Crippen LogP contribution in [0.25, 0.3) is 0 Å². The van der Waals surface area contributed by atoms with E-state index in [9.17, 15) is 4.79 Å². The summed E-state index contributed by atoms with van der Waals surface area (Å²) < 4.78 is 4.96. The van der Waals surface area contributed by atoms with Gasteiger partial charge in [-0.05, 0) is 45.8 Å². The van der Waals surface area contributed by atoms with Gasteiger partial charge in [-0.15, -0.1) is 11.3 Å². The molecule has 0 aromatic carbocycles. The summed E-state index contributed by atoms with van der Waals surface area (Å²) in [6.45, 7) is 5.53. The van der Waals surface area contributed by atoms with Crippen molar-refractivity contribution in [1.82, 2.24) is 9.88 Å². The third kappa shape index (κ3) is 3.93. The monoisotopic (exact) mass is 297 g/mol. The first kappa shape index (κ1) is 15.3. The Morgan fingerprint density at radius 3 is 2.90 bits per heavy atom. The summed E-state index contributed by atoms with van der Waals surface area (Å²) in [5.74, 6) is 0.383. The van der Waals surface area contributed by atoms with Crippen molar-refractivity contribution in [1.29, 1.82) is 0 Å². The summed E-state index contributed by atoms with van der Waals surface area (Å²) >= 11 is 1.50. The first-order valence-electron chi connectivity index (χ1n) is 7.12. The van der Waals surface area contributed by atoms with Crippen LogP contribution in [-0.4, -0.2) is 56.2 Å². The molecular formula is C14H23N3O2S. The molecule has 0 aliphatic carbocycles. The molecule has 1 aromatic rings. The molecule has 20 heavy (non-hydrogen) atoms. The molecule has 5 nitrogen and oxygen atoms in total. The van der Waals surface area contributed by atoms with Crippen molar-refractivity contribution >= 4 is 22.4 Å². The molecule has 0 bridgehead atoms. The SMILES string of the molecule is CCOC(=O)c1csc(N(C)CC2CCN(C)CC2)n1. The van der Waals surface area contributed by atoms with Crippen LogP contribution in [0.15, 0.2) is 5.38 Å². The standard InChI is InChI=1S/C14H23N3O2S/c1-4-19-13(18)12-10-20-14(15-12)17(3)9-11-5-7-16(2)8-6-11/h10-11H,4-9H2,1-3H3. The van der Waals surface area contributed by atoms with Crippen LogP contribution < -0.4 is 4.90 Å². The van der Waals surface area contributed by atoms with Crippen molar-refractivity contribution < 1.29 is 9.53 Å². The normalized spacial score (nSPS) is 17.1. The van der Waals surface area contributed by atoms with E-state index in [2.05, 4.69) is 21.8 Å². The van der Waals surface area contributed by atoms with E-state index in [4.69, 9.17) is 4.74 Å². The van der Waals surface area contributed by atoms with Gasteiger partial charge in [0, 0.05) is 19.0 Å². The second kappa shape index (κ2) is 7.04. The highest BCUT2D eigenvalue weighted by Crippen LogP contribution is 2.23. The van der Waals surface area contributed by atoms with E-state index in [1.807, 2.05) is 7.05 Å². The van der Waals surface area contributed by atoms with E-state index in [1.54, 1.807) is 12.3 Å². The zero-order chi connectivity index (χ0) is 14.5. The number of likely N-dealkylation sites (tertiary alicyclic amines) is 1. The van der Waals surface area contributed by atoms with Crippen LogP contribution in [0.4, 0.5) is 5.13 Å². The van der Waals surface area contributed by atoms with Gasteiger partial charge in [0.15, 0.2) is 10.8 Å². The van der Waals surface area contributed by atoms with Gasteiger partial charge in [0.1, 0.15) is 0 Å². The van der Waals surface area contributed by atoms with Gasteiger partial charge in [-0.3, -0.25) is 0 Å². The molecule has 1 aliphatic heterocycles. The Balaban J connectivity index is 1.89. The predicted octanol–water partition coefficient (Wildman–Crippen LogP) is 2.10. The molecule has 1 saturated heterocycles. The molecule has 1 fully saturated rings. The fourth-order valence-electron chi connectivity index (χ4n) is 2.45. The highest BCUT2D eigenvalue weighted by Gasteiger charge is 2.20. The molecule has 1 aromatic heterocycles. The molecule has 1 aliphatic rings. The van der Waals surface area contributed by atoms with Crippen LogP contribution in [0.1, 0.15) is 30.3 Å². The third-order valence-corrected chi connectivity index (χ3v) is 4.63. The summed E-state index contributed by atoms with van der Waals surface area (Å²) in [6, 6.07) is 0. The largest absolute Gasteiger partial charge is 0.461 e. The highest BCUT2D eigenvalue weighted by atomic mass is 32.1. The molecule has 0 amide bonds. The van der Waals surface area contributed by atoms with Crippen molar-refractivity contribution in [3.63, 3.8) is 0 Å². The number of ether oxygens (including phenoxy) is 1. The van der Waals surface area contributed by atoms with Crippen LogP contribution in [0.3, 0.4) is 0 Å². The van der Waals surface area contributed by atoms with E-state index in [0.29, 0.717) is 18.2 Å². The molecular weight excluding hydrogens is 274 g/mol. The maximum atomic E-state index is 11.6. The van der Waals surface area contributed by atoms with Gasteiger partial charge in [-0.1, -0.05) is 0 Å². The van der Waals surface area contributed by atoms with Gasteiger partial charge in [0.25, 0.3) is 0 Å². The Labute approximate surface area is 124 Å². The number of anilines is 1. The lowest BCUT2D eigenvalue weighted by Gasteiger charge is -2.31. The topological polar surface area (TPSA) is 45.7 Å². The second-order valence-corrected chi connectivity index (χ2v) is 6.20. The molecule has 6 heteroatoms. The number of rotatable bonds is 5. The van der Waals surface area contributed by atoms with Gasteiger partial charge in [-0.25, -0.2) is 9.78 Å². The summed E-state index contributed by atoms with van der Waals surface area (Å²) in [5.41, 5.74) is 0.419. The highest BCUT2D eigenvalue weighted by molar-refractivity contribution is 7.13. The average molecular weight is 297 g/mol. The first-order valence-corrected chi connectivity index (χ1v) is 8.00. The zero-order valence-corrected chi connectivity index (χ0v) is 13.3. The molecule has 112 valence electrons. The molecule has 2 rings (SSSR count). The second-order valence-electron chi connectivity index (χ2n) is 5.36. The Morgan fingerprint density at radius 2 is 2.25 bits per heavy atom. The molecule has 2 heterocycles. The number of nitrogens with zero attached hydrogens (tertiary/aromatic N) is 3. The zero-order valence-electron chi connectivity index (χ0n) is 12.5. The summed E-state index contributed by atoms with van der Waals surface area (Å²) in [4.78, 5) is 20.5. The van der Waals surface area contributed by atoms with Crippen LogP contribution in [0, 0.1) is 5.92 Å². The van der Waals surface area contributed by atoms with E-state index in [-0.39, 0.29) is 5.97 Å². The maximum Gasteiger partial charge on any atom is 0.357 e. The number of thiazole rings is 1. The lowest BCUT2D eigenvalue weighted by atomic mass is 9.97. The van der Waals surface area contributed by atoms with Crippen molar-refractivity contribution in [2.75, 3.05) is 45.2 Å². The van der Waals surface area contributed by atoms with Crippen LogP contribution >= 0.6 is 11.3 Å². The number of piperidine rings is 1. The fraction of sp³-hybridized carbons (Fsp3) is 0.714. The van der Waals surface area contributed by atoms with Crippen LogP contribution in [0.2, 0.25) is 0 Å². The molecule has 0 N–H and O–H groups in total. The molecule has 0 unspecified atom stereocenters. The first-order chi connectivity index (χ1) is 9.60. The molecule has 0 atom stereocenters. The average Bonchev–Trinajstić information content (AvgIpc) is 2.91. The van der Waals surface area contributed by atoms with Gasteiger partial charge in [0.05, 0.1) is 6.61 Å². The van der Waals surface area contributed by atoms with E-state index in [1.165, 1.54) is 37.3 Å². The summed E-state index contributed by atoms with van der Waals surface area (Å²) in [6.07, 6.45) is 2.47. The van der Waals surface area contributed by atoms with Crippen molar-refractivity contribution in [3.05, 3.63) is 11.1 Å². The van der Waals surface area contributed by atoms with E-state index >= 15 is 0 Å². The minimum Gasteiger partial charge on any atom is -0.461 e. The lowest BCUT2D eigenvalue weighted by Crippen LogP contribution is -2.35. The van der Waals surface area contributed by atoms with Gasteiger partial charge in [0.2, 0.25) is 0 Å². The van der Waals surface area contributed by atoms with Gasteiger partial charge >= 0.3 is 5.97 Å². The summed E-state index contributed by atoms with van der Waals surface area (Å²) in [7, 11) is 4.22. The van der Waals surface area contributed by atoms with Crippen LogP contribution in [0.5, 0.6) is 0 Å². The minimum absolute atomic E-state index is 0.331. The summed E-state index contributed by atoms with van der Waals surface area (Å²) in [5, 5.41) is 2.67. The van der Waals surface area contributed by atoms with Crippen molar-refractivity contribution in [2.24, 2.45) is 5.92 Å². The molecule has 0 spiro atoms. The van der Waals surface area contributed by atoms with Gasteiger partial charge < -0.3 is 14.5 Å². The molecule has 0 radical (unpaired) electrons. The minimum atomic E-state index is -0.331. The lowest BCUT2D eigenvalue weighted by molar-refractivity contribution is 0.0520. The number of hydrogen-bond acceptors (Lipinski definition) is 6. The van der Waals surface area contributed by atoms with Crippen molar-refractivity contribution in [2.45, 2.75) is 19.8 Å². The van der Waals surface area contributed by atoms with Gasteiger partial charge in [-0.2, -0.15) is 0 Å². The van der Waals surface area contributed by atoms with Crippen molar-refractivity contribution in [3.8, 4) is 0 Å². The number of carbonyl (C=O) groups excluding carboxylic acids is 1. The third-order valence-electron chi connectivity index (χ3n) is 3.67. The number of carbonyl (C=O) groups is 1. The maximum absolute atomic E-state index is 11.6. The Kier molecular flexibility index (Phi) is 5.37.